The van der Waals surface area contributed by atoms with Gasteiger partial charge in [0.15, 0.2) is 0 Å². The van der Waals surface area contributed by atoms with Crippen molar-refractivity contribution in [1.82, 2.24) is 19.1 Å². The average molecular weight is 377 g/mol. The highest BCUT2D eigenvalue weighted by molar-refractivity contribution is 7.89. The third kappa shape index (κ3) is 4.47. The van der Waals surface area contributed by atoms with Gasteiger partial charge in [0, 0.05) is 24.7 Å². The predicted molar refractivity (Wildman–Crippen MR) is 98.0 cm³/mol. The summed E-state index contributed by atoms with van der Waals surface area (Å²) in [5.74, 6) is -0.110. The van der Waals surface area contributed by atoms with Crippen LogP contribution in [0.4, 0.5) is 5.69 Å². The molecule has 3 rings (SSSR count). The Morgan fingerprint density at radius 3 is 2.50 bits per heavy atom. The SMILES string of the molecule is CCS(=O)(=O)N1CCC(C(=O)Nc2ccc(Cn3cncn3)cc2)CC1. The first-order valence-electron chi connectivity index (χ1n) is 8.68. The fourth-order valence-electron chi connectivity index (χ4n) is 3.02. The minimum Gasteiger partial charge on any atom is -0.326 e. The molecule has 1 aromatic heterocycles. The number of carbonyl (C=O) groups is 1. The standard InChI is InChI=1S/C17H23N5O3S/c1-2-26(24,25)22-9-7-15(8-10-22)17(23)20-16-5-3-14(4-6-16)11-21-13-18-12-19-21/h3-6,12-13,15H,2,7-11H2,1H3,(H,20,23). The number of benzene rings is 1. The number of anilines is 1. The zero-order valence-electron chi connectivity index (χ0n) is 14.7. The fourth-order valence-corrected chi connectivity index (χ4v) is 4.15. The maximum atomic E-state index is 12.4. The second kappa shape index (κ2) is 7.96. The van der Waals surface area contributed by atoms with Crippen molar-refractivity contribution in [3.05, 3.63) is 42.5 Å². The number of nitrogens with one attached hydrogen (secondary N) is 1. The minimum atomic E-state index is -3.17. The Kier molecular flexibility index (Phi) is 5.67. The second-order valence-corrected chi connectivity index (χ2v) is 8.61. The zero-order valence-corrected chi connectivity index (χ0v) is 15.5. The van der Waals surface area contributed by atoms with Crippen molar-refractivity contribution < 1.29 is 13.2 Å². The van der Waals surface area contributed by atoms with Gasteiger partial charge >= 0.3 is 0 Å². The summed E-state index contributed by atoms with van der Waals surface area (Å²) in [5.41, 5.74) is 1.80. The van der Waals surface area contributed by atoms with Crippen LogP contribution in [0.15, 0.2) is 36.9 Å². The minimum absolute atomic E-state index is 0.0532. The molecule has 0 radical (unpaired) electrons. The number of sulfonamides is 1. The molecule has 8 nitrogen and oxygen atoms in total. The van der Waals surface area contributed by atoms with Crippen LogP contribution >= 0.6 is 0 Å². The smallest absolute Gasteiger partial charge is 0.227 e. The molecule has 9 heteroatoms. The predicted octanol–water partition coefficient (Wildman–Crippen LogP) is 1.33. The van der Waals surface area contributed by atoms with E-state index in [9.17, 15) is 13.2 Å². The third-order valence-electron chi connectivity index (χ3n) is 4.62. The van der Waals surface area contributed by atoms with Gasteiger partial charge in [-0.1, -0.05) is 12.1 Å². The molecule has 1 fully saturated rings. The summed E-state index contributed by atoms with van der Waals surface area (Å²) in [5, 5.41) is 6.99. The van der Waals surface area contributed by atoms with E-state index in [0.717, 1.165) is 11.3 Å². The van der Waals surface area contributed by atoms with Gasteiger partial charge in [0.25, 0.3) is 0 Å². The van der Waals surface area contributed by atoms with Gasteiger partial charge in [-0.05, 0) is 37.5 Å². The Morgan fingerprint density at radius 2 is 1.92 bits per heavy atom. The molecule has 0 unspecified atom stereocenters. The van der Waals surface area contributed by atoms with Crippen molar-refractivity contribution in [2.45, 2.75) is 26.3 Å². The molecule has 0 bridgehead atoms. The van der Waals surface area contributed by atoms with Crippen LogP contribution < -0.4 is 5.32 Å². The van der Waals surface area contributed by atoms with E-state index >= 15 is 0 Å². The van der Waals surface area contributed by atoms with E-state index in [1.807, 2.05) is 24.3 Å². The summed E-state index contributed by atoms with van der Waals surface area (Å²) in [6.45, 7) is 3.08. The lowest BCUT2D eigenvalue weighted by molar-refractivity contribution is -0.120. The molecule has 140 valence electrons. The Bertz CT molecular complexity index is 826. The summed E-state index contributed by atoms with van der Waals surface area (Å²) < 4.78 is 27.0. The lowest BCUT2D eigenvalue weighted by Gasteiger charge is -2.30. The molecule has 1 N–H and O–H groups in total. The number of hydrogen-bond acceptors (Lipinski definition) is 5. The number of carbonyl (C=O) groups excluding carboxylic acids is 1. The van der Waals surface area contributed by atoms with E-state index in [2.05, 4.69) is 15.4 Å². The van der Waals surface area contributed by atoms with Crippen LogP contribution in [0.5, 0.6) is 0 Å². The van der Waals surface area contributed by atoms with Crippen LogP contribution in [0, 0.1) is 5.92 Å². The summed E-state index contributed by atoms with van der Waals surface area (Å²) in [7, 11) is -3.17. The topological polar surface area (TPSA) is 97.2 Å². The van der Waals surface area contributed by atoms with Crippen LogP contribution in [-0.2, 0) is 21.4 Å². The zero-order chi connectivity index (χ0) is 18.6. The van der Waals surface area contributed by atoms with Crippen molar-refractivity contribution in [2.75, 3.05) is 24.2 Å². The van der Waals surface area contributed by atoms with Gasteiger partial charge in [0.05, 0.1) is 12.3 Å². The molecule has 26 heavy (non-hydrogen) atoms. The summed E-state index contributed by atoms with van der Waals surface area (Å²) in [6.07, 6.45) is 4.25. The van der Waals surface area contributed by atoms with Gasteiger partial charge in [0.1, 0.15) is 12.7 Å². The Labute approximate surface area is 153 Å². The molecular weight excluding hydrogens is 354 g/mol. The van der Waals surface area contributed by atoms with E-state index in [-0.39, 0.29) is 17.6 Å². The number of hydrogen-bond donors (Lipinski definition) is 1. The molecule has 1 aliphatic heterocycles. The summed E-state index contributed by atoms with van der Waals surface area (Å²) in [4.78, 5) is 16.3. The molecule has 0 aliphatic carbocycles. The van der Waals surface area contributed by atoms with E-state index < -0.39 is 10.0 Å². The van der Waals surface area contributed by atoms with Crippen molar-refractivity contribution in [1.29, 1.82) is 0 Å². The Hall–Kier alpha value is -2.26. The monoisotopic (exact) mass is 377 g/mol. The maximum absolute atomic E-state index is 12.4. The number of nitrogens with zero attached hydrogens (tertiary/aromatic N) is 4. The average Bonchev–Trinajstić information content (AvgIpc) is 3.16. The summed E-state index contributed by atoms with van der Waals surface area (Å²) in [6, 6.07) is 7.60. The molecule has 0 saturated carbocycles. The highest BCUT2D eigenvalue weighted by atomic mass is 32.2. The highest BCUT2D eigenvalue weighted by Gasteiger charge is 2.30. The molecular formula is C17H23N5O3S. The van der Waals surface area contributed by atoms with Crippen molar-refractivity contribution in [2.24, 2.45) is 5.92 Å². The third-order valence-corrected chi connectivity index (χ3v) is 6.50. The van der Waals surface area contributed by atoms with Crippen LogP contribution in [0.2, 0.25) is 0 Å². The summed E-state index contributed by atoms with van der Waals surface area (Å²) >= 11 is 0. The van der Waals surface area contributed by atoms with Crippen molar-refractivity contribution >= 4 is 21.6 Å². The van der Waals surface area contributed by atoms with E-state index in [1.165, 1.54) is 10.6 Å². The lowest BCUT2D eigenvalue weighted by Crippen LogP contribution is -2.42. The number of rotatable bonds is 6. The van der Waals surface area contributed by atoms with Gasteiger partial charge in [0.2, 0.25) is 15.9 Å². The maximum Gasteiger partial charge on any atom is 0.227 e. The Balaban J connectivity index is 1.52. The van der Waals surface area contributed by atoms with E-state index in [0.29, 0.717) is 32.5 Å². The second-order valence-electron chi connectivity index (χ2n) is 6.35. The van der Waals surface area contributed by atoms with Crippen LogP contribution in [0.3, 0.4) is 0 Å². The number of amides is 1. The van der Waals surface area contributed by atoms with Crippen molar-refractivity contribution in [3.8, 4) is 0 Å². The quantitative estimate of drug-likeness (QED) is 0.819. The molecule has 1 aliphatic rings. The molecule has 0 spiro atoms. The van der Waals surface area contributed by atoms with E-state index in [1.54, 1.807) is 17.9 Å². The van der Waals surface area contributed by atoms with Gasteiger partial charge in [-0.15, -0.1) is 0 Å². The Morgan fingerprint density at radius 1 is 1.23 bits per heavy atom. The van der Waals surface area contributed by atoms with Crippen molar-refractivity contribution in [3.63, 3.8) is 0 Å². The molecule has 1 amide bonds. The van der Waals surface area contributed by atoms with Crippen LogP contribution in [-0.4, -0.2) is 52.2 Å². The largest absolute Gasteiger partial charge is 0.326 e. The molecule has 2 heterocycles. The highest BCUT2D eigenvalue weighted by Crippen LogP contribution is 2.22. The normalized spacial score (nSPS) is 16.5. The number of aromatic nitrogens is 3. The van der Waals surface area contributed by atoms with Gasteiger partial charge in [-0.2, -0.15) is 5.10 Å². The first-order chi connectivity index (χ1) is 12.5. The van der Waals surface area contributed by atoms with Crippen LogP contribution in [0.1, 0.15) is 25.3 Å². The fraction of sp³-hybridized carbons (Fsp3) is 0.471. The molecule has 2 aromatic rings. The van der Waals surface area contributed by atoms with Gasteiger partial charge in [-0.25, -0.2) is 22.4 Å². The first-order valence-corrected chi connectivity index (χ1v) is 10.3. The molecule has 0 atom stereocenters. The molecule has 1 aromatic carbocycles. The van der Waals surface area contributed by atoms with Crippen LogP contribution in [0.25, 0.3) is 0 Å². The number of piperidine rings is 1. The lowest BCUT2D eigenvalue weighted by atomic mass is 9.97. The molecule has 1 saturated heterocycles. The first kappa shape index (κ1) is 18.5. The van der Waals surface area contributed by atoms with Gasteiger partial charge in [-0.3, -0.25) is 4.79 Å². The van der Waals surface area contributed by atoms with E-state index in [4.69, 9.17) is 0 Å². The van der Waals surface area contributed by atoms with Gasteiger partial charge < -0.3 is 5.32 Å².